The van der Waals surface area contributed by atoms with E-state index in [1.165, 1.54) is 0 Å². The Morgan fingerprint density at radius 2 is 2.00 bits per heavy atom. The average molecular weight is 243 g/mol. The van der Waals surface area contributed by atoms with E-state index in [0.29, 0.717) is 17.1 Å². The van der Waals surface area contributed by atoms with Gasteiger partial charge in [0.05, 0.1) is 5.69 Å². The molecule has 2 aromatic rings. The van der Waals surface area contributed by atoms with Crippen LogP contribution in [0.1, 0.15) is 32.2 Å². The summed E-state index contributed by atoms with van der Waals surface area (Å²) in [6.07, 6.45) is 3.43. The van der Waals surface area contributed by atoms with E-state index >= 15 is 0 Å². The lowest BCUT2D eigenvalue weighted by Gasteiger charge is -2.18. The molecule has 0 aliphatic heterocycles. The minimum Gasteiger partial charge on any atom is -0.310 e. The molecule has 0 fully saturated rings. The van der Waals surface area contributed by atoms with Gasteiger partial charge in [0.15, 0.2) is 0 Å². The first kappa shape index (κ1) is 12.5. The summed E-state index contributed by atoms with van der Waals surface area (Å²) < 4.78 is 0. The second kappa shape index (κ2) is 4.37. The largest absolute Gasteiger partial charge is 0.310 e. The highest BCUT2D eigenvalue weighted by atomic mass is 16.1. The predicted octanol–water partition coefficient (Wildman–Crippen LogP) is 2.44. The van der Waals surface area contributed by atoms with Crippen LogP contribution >= 0.6 is 0 Å². The summed E-state index contributed by atoms with van der Waals surface area (Å²) in [5.74, 6) is 0.692. The van der Waals surface area contributed by atoms with E-state index < -0.39 is 0 Å². The van der Waals surface area contributed by atoms with E-state index in [1.54, 1.807) is 19.3 Å². The number of rotatable bonds is 1. The molecule has 0 aliphatic rings. The van der Waals surface area contributed by atoms with Gasteiger partial charge in [-0.25, -0.2) is 4.98 Å². The van der Waals surface area contributed by atoms with E-state index in [0.717, 1.165) is 5.56 Å². The van der Waals surface area contributed by atoms with Crippen LogP contribution in [0.3, 0.4) is 0 Å². The Balaban J connectivity index is 2.68. The Labute approximate surface area is 106 Å². The third kappa shape index (κ3) is 2.32. The van der Waals surface area contributed by atoms with Crippen molar-refractivity contribution in [2.75, 3.05) is 0 Å². The van der Waals surface area contributed by atoms with Gasteiger partial charge in [0.25, 0.3) is 5.56 Å². The lowest BCUT2D eigenvalue weighted by Crippen LogP contribution is -2.24. The Bertz CT molecular complexity index is 609. The topological polar surface area (TPSA) is 58.6 Å². The first-order valence-electron chi connectivity index (χ1n) is 5.91. The molecule has 18 heavy (non-hydrogen) atoms. The van der Waals surface area contributed by atoms with Crippen molar-refractivity contribution in [3.05, 3.63) is 46.3 Å². The first-order chi connectivity index (χ1) is 8.39. The van der Waals surface area contributed by atoms with Crippen molar-refractivity contribution >= 4 is 0 Å². The molecule has 0 aromatic carbocycles. The van der Waals surface area contributed by atoms with Gasteiger partial charge in [-0.3, -0.25) is 9.78 Å². The van der Waals surface area contributed by atoms with Crippen molar-refractivity contribution in [3.8, 4) is 11.3 Å². The minimum atomic E-state index is -0.191. The third-order valence-corrected chi connectivity index (χ3v) is 2.80. The Kier molecular flexibility index (Phi) is 3.03. The molecule has 0 radical (unpaired) electrons. The normalized spacial score (nSPS) is 11.6. The van der Waals surface area contributed by atoms with E-state index in [4.69, 9.17) is 0 Å². The number of aromatic nitrogens is 3. The highest BCUT2D eigenvalue weighted by Crippen LogP contribution is 2.22. The number of pyridine rings is 1. The van der Waals surface area contributed by atoms with Crippen molar-refractivity contribution in [1.82, 2.24) is 15.0 Å². The van der Waals surface area contributed by atoms with Gasteiger partial charge in [0.2, 0.25) is 0 Å². The van der Waals surface area contributed by atoms with E-state index in [9.17, 15) is 4.79 Å². The smallest absolute Gasteiger partial charge is 0.254 e. The zero-order valence-electron chi connectivity index (χ0n) is 11.1. The van der Waals surface area contributed by atoms with Crippen molar-refractivity contribution in [3.63, 3.8) is 0 Å². The van der Waals surface area contributed by atoms with Gasteiger partial charge in [-0.15, -0.1) is 0 Å². The molecule has 4 heteroatoms. The molecular formula is C14H17N3O. The summed E-state index contributed by atoms with van der Waals surface area (Å²) in [5.41, 5.74) is 1.91. The number of nitrogens with zero attached hydrogens (tertiary/aromatic N) is 2. The summed E-state index contributed by atoms with van der Waals surface area (Å²) >= 11 is 0. The lowest BCUT2D eigenvalue weighted by atomic mass is 9.95. The zero-order chi connectivity index (χ0) is 13.3. The SMILES string of the molecule is Cc1c(-c2cccnc2)nc(C(C)(C)C)[nH]c1=O. The number of hydrogen-bond donors (Lipinski definition) is 1. The quantitative estimate of drug-likeness (QED) is 0.836. The van der Waals surface area contributed by atoms with E-state index in [1.807, 2.05) is 32.9 Å². The first-order valence-corrected chi connectivity index (χ1v) is 5.91. The molecule has 1 N–H and O–H groups in total. The van der Waals surface area contributed by atoms with Crippen LogP contribution in [0.5, 0.6) is 0 Å². The molecule has 0 saturated heterocycles. The molecule has 94 valence electrons. The van der Waals surface area contributed by atoms with Gasteiger partial charge in [0, 0.05) is 28.9 Å². The highest BCUT2D eigenvalue weighted by molar-refractivity contribution is 5.61. The molecule has 2 aromatic heterocycles. The monoisotopic (exact) mass is 243 g/mol. The fraction of sp³-hybridized carbons (Fsp3) is 0.357. The molecule has 0 saturated carbocycles. The maximum absolute atomic E-state index is 12.0. The summed E-state index contributed by atoms with van der Waals surface area (Å²) in [7, 11) is 0. The molecule has 0 atom stereocenters. The van der Waals surface area contributed by atoms with E-state index in [-0.39, 0.29) is 11.0 Å². The van der Waals surface area contributed by atoms with Gasteiger partial charge in [-0.1, -0.05) is 20.8 Å². The maximum atomic E-state index is 12.0. The molecule has 2 heterocycles. The second-order valence-electron chi connectivity index (χ2n) is 5.38. The third-order valence-electron chi connectivity index (χ3n) is 2.80. The van der Waals surface area contributed by atoms with Gasteiger partial charge >= 0.3 is 0 Å². The van der Waals surface area contributed by atoms with Crippen LogP contribution in [-0.4, -0.2) is 15.0 Å². The maximum Gasteiger partial charge on any atom is 0.254 e. The van der Waals surface area contributed by atoms with Crippen LogP contribution in [0.4, 0.5) is 0 Å². The minimum absolute atomic E-state index is 0.0891. The molecule has 0 spiro atoms. The molecule has 4 nitrogen and oxygen atoms in total. The number of hydrogen-bond acceptors (Lipinski definition) is 3. The molecule has 0 aliphatic carbocycles. The van der Waals surface area contributed by atoms with Crippen LogP contribution < -0.4 is 5.56 Å². The van der Waals surface area contributed by atoms with Gasteiger partial charge < -0.3 is 4.98 Å². The van der Waals surface area contributed by atoms with Crippen LogP contribution in [0, 0.1) is 6.92 Å². The number of nitrogens with one attached hydrogen (secondary N) is 1. The van der Waals surface area contributed by atoms with Gasteiger partial charge in [0.1, 0.15) is 5.82 Å². The van der Waals surface area contributed by atoms with Gasteiger partial charge in [-0.05, 0) is 19.1 Å². The van der Waals surface area contributed by atoms with E-state index in [2.05, 4.69) is 15.0 Å². The molecule has 2 rings (SSSR count). The van der Waals surface area contributed by atoms with Crippen LogP contribution in [0.15, 0.2) is 29.3 Å². The van der Waals surface area contributed by atoms with Crippen LogP contribution in [0.25, 0.3) is 11.3 Å². The van der Waals surface area contributed by atoms with Crippen molar-refractivity contribution in [2.45, 2.75) is 33.1 Å². The number of H-pyrrole nitrogens is 1. The number of aromatic amines is 1. The standard InChI is InChI=1S/C14H17N3O/c1-9-11(10-6-5-7-15-8-10)16-13(14(2,3)4)17-12(9)18/h5-8H,1-4H3,(H,16,17,18). The Hall–Kier alpha value is -1.97. The highest BCUT2D eigenvalue weighted by Gasteiger charge is 2.19. The van der Waals surface area contributed by atoms with Crippen molar-refractivity contribution < 1.29 is 0 Å². The second-order valence-corrected chi connectivity index (χ2v) is 5.38. The lowest BCUT2D eigenvalue weighted by molar-refractivity contribution is 0.542. The zero-order valence-corrected chi connectivity index (χ0v) is 11.1. The fourth-order valence-corrected chi connectivity index (χ4v) is 1.67. The van der Waals surface area contributed by atoms with Gasteiger partial charge in [-0.2, -0.15) is 0 Å². The summed E-state index contributed by atoms with van der Waals surface area (Å²) in [6.45, 7) is 7.84. The van der Waals surface area contributed by atoms with Crippen molar-refractivity contribution in [1.29, 1.82) is 0 Å². The summed E-state index contributed by atoms with van der Waals surface area (Å²) in [6, 6.07) is 3.75. The predicted molar refractivity (Wildman–Crippen MR) is 71.5 cm³/mol. The van der Waals surface area contributed by atoms with Crippen LogP contribution in [-0.2, 0) is 5.41 Å². The molecular weight excluding hydrogens is 226 g/mol. The van der Waals surface area contributed by atoms with Crippen LogP contribution in [0.2, 0.25) is 0 Å². The fourth-order valence-electron chi connectivity index (χ4n) is 1.67. The molecule has 0 bridgehead atoms. The Morgan fingerprint density at radius 1 is 1.28 bits per heavy atom. The van der Waals surface area contributed by atoms with Crippen molar-refractivity contribution in [2.24, 2.45) is 0 Å². The Morgan fingerprint density at radius 3 is 2.56 bits per heavy atom. The molecule has 0 unspecified atom stereocenters. The summed E-state index contributed by atoms with van der Waals surface area (Å²) in [5, 5.41) is 0. The molecule has 0 amide bonds. The average Bonchev–Trinajstić information content (AvgIpc) is 2.32. The summed E-state index contributed by atoms with van der Waals surface area (Å²) in [4.78, 5) is 23.5.